The van der Waals surface area contributed by atoms with Crippen LogP contribution in [0.25, 0.3) is 0 Å². The molecule has 1 aliphatic heterocycles. The minimum atomic E-state index is -3.91. The third-order valence-electron chi connectivity index (χ3n) is 6.23. The van der Waals surface area contributed by atoms with Gasteiger partial charge in [0.1, 0.15) is 5.75 Å². The van der Waals surface area contributed by atoms with Crippen molar-refractivity contribution in [3.8, 4) is 5.75 Å². The minimum absolute atomic E-state index is 0.0165. The predicted molar refractivity (Wildman–Crippen MR) is 121 cm³/mol. The summed E-state index contributed by atoms with van der Waals surface area (Å²) < 4.78 is 34.6. The molecule has 1 heterocycles. The monoisotopic (exact) mass is 456 g/mol. The zero-order valence-electron chi connectivity index (χ0n) is 18.4. The van der Waals surface area contributed by atoms with Crippen LogP contribution in [0.5, 0.6) is 5.75 Å². The fourth-order valence-electron chi connectivity index (χ4n) is 4.47. The van der Waals surface area contributed by atoms with Crippen molar-refractivity contribution in [1.82, 2.24) is 4.72 Å². The number of nitrogens with one attached hydrogen (secondary N) is 1. The molecule has 2 amide bonds. The second-order valence-electron chi connectivity index (χ2n) is 8.27. The third-order valence-corrected chi connectivity index (χ3v) is 7.70. The molecule has 1 N–H and O–H groups in total. The number of fused-ring (bicyclic) bond motifs is 1. The molecule has 0 unspecified atom stereocenters. The first-order valence-corrected chi connectivity index (χ1v) is 12.5. The number of ether oxygens (including phenoxy) is 1. The second-order valence-corrected chi connectivity index (χ2v) is 9.99. The molecule has 8 heteroatoms. The molecule has 7 nitrogen and oxygen atoms in total. The third kappa shape index (κ3) is 4.29. The number of nitrogens with zero attached hydrogens (tertiary/aromatic N) is 1. The highest BCUT2D eigenvalue weighted by molar-refractivity contribution is 7.89. The summed E-state index contributed by atoms with van der Waals surface area (Å²) in [5, 5.41) is 0. The van der Waals surface area contributed by atoms with Crippen LogP contribution in [0.1, 0.15) is 61.8 Å². The Morgan fingerprint density at radius 1 is 0.969 bits per heavy atom. The van der Waals surface area contributed by atoms with Crippen LogP contribution in [-0.2, 0) is 32.5 Å². The highest BCUT2D eigenvalue weighted by Gasteiger charge is 2.33. The zero-order chi connectivity index (χ0) is 22.9. The Bertz CT molecular complexity index is 1140. The van der Waals surface area contributed by atoms with E-state index in [4.69, 9.17) is 4.74 Å². The maximum absolute atomic E-state index is 13.3. The minimum Gasteiger partial charge on any atom is -0.495 e. The van der Waals surface area contributed by atoms with Gasteiger partial charge in [0.25, 0.3) is 0 Å². The number of anilines is 1. The molecular weight excluding hydrogens is 428 g/mol. The van der Waals surface area contributed by atoms with Gasteiger partial charge >= 0.3 is 0 Å². The Morgan fingerprint density at radius 2 is 1.66 bits per heavy atom. The molecule has 1 aliphatic carbocycles. The molecule has 0 bridgehead atoms. The lowest BCUT2D eigenvalue weighted by Gasteiger charge is -2.22. The predicted octanol–water partition coefficient (Wildman–Crippen LogP) is 3.66. The summed E-state index contributed by atoms with van der Waals surface area (Å²) in [6, 6.07) is 10.1. The fraction of sp³-hybridized carbons (Fsp3) is 0.417. The van der Waals surface area contributed by atoms with Gasteiger partial charge in [-0.1, -0.05) is 25.1 Å². The second kappa shape index (κ2) is 9.03. The van der Waals surface area contributed by atoms with Crippen LogP contribution in [0, 0.1) is 0 Å². The number of rotatable bonds is 7. The number of carbonyl (C=O) groups excluding carboxylic acids is 2. The smallest absolute Gasteiger partial charge is 0.241 e. The Hall–Kier alpha value is -2.71. The Labute approximate surface area is 188 Å². The number of sulfonamides is 1. The molecular formula is C24H28N2O5S. The lowest BCUT2D eigenvalue weighted by Crippen LogP contribution is -2.31. The average Bonchev–Trinajstić information content (AvgIpc) is 3.14. The van der Waals surface area contributed by atoms with Crippen molar-refractivity contribution in [2.45, 2.75) is 62.8 Å². The number of imide groups is 1. The fourth-order valence-corrected chi connectivity index (χ4v) is 5.80. The van der Waals surface area contributed by atoms with Crippen LogP contribution in [0.4, 0.5) is 5.69 Å². The SMILES string of the molecule is CC[C@@H](NS(=O)(=O)c1ccc(OC)c(N2C(=O)CCC2=O)c1)c1ccc2c(c1)CCCC2. The Balaban J connectivity index is 1.65. The number of methoxy groups -OCH3 is 1. The van der Waals surface area contributed by atoms with E-state index in [9.17, 15) is 18.0 Å². The summed E-state index contributed by atoms with van der Waals surface area (Å²) in [4.78, 5) is 25.4. The summed E-state index contributed by atoms with van der Waals surface area (Å²) in [5.41, 5.74) is 3.74. The Morgan fingerprint density at radius 3 is 2.31 bits per heavy atom. The number of aryl methyl sites for hydroxylation is 2. The molecule has 1 fully saturated rings. The summed E-state index contributed by atoms with van der Waals surface area (Å²) in [5.74, 6) is -0.457. The average molecular weight is 457 g/mol. The zero-order valence-corrected chi connectivity index (χ0v) is 19.2. The van der Waals surface area contributed by atoms with Gasteiger partial charge in [-0.3, -0.25) is 9.59 Å². The van der Waals surface area contributed by atoms with Crippen molar-refractivity contribution < 1.29 is 22.7 Å². The van der Waals surface area contributed by atoms with E-state index in [-0.39, 0.29) is 47.0 Å². The van der Waals surface area contributed by atoms with Gasteiger partial charge in [0.2, 0.25) is 21.8 Å². The van der Waals surface area contributed by atoms with Crippen molar-refractivity contribution in [3.05, 3.63) is 53.1 Å². The van der Waals surface area contributed by atoms with E-state index in [1.54, 1.807) is 0 Å². The van der Waals surface area contributed by atoms with Crippen LogP contribution in [0.2, 0.25) is 0 Å². The number of hydrogen-bond donors (Lipinski definition) is 1. The van der Waals surface area contributed by atoms with Crippen molar-refractivity contribution in [2.75, 3.05) is 12.0 Å². The first-order valence-electron chi connectivity index (χ1n) is 11.0. The van der Waals surface area contributed by atoms with Gasteiger partial charge in [-0.25, -0.2) is 18.0 Å². The van der Waals surface area contributed by atoms with Gasteiger partial charge in [-0.05, 0) is 67.0 Å². The summed E-state index contributed by atoms with van der Waals surface area (Å²) in [6.45, 7) is 1.94. The molecule has 0 aromatic heterocycles. The van der Waals surface area contributed by atoms with Crippen molar-refractivity contribution in [3.63, 3.8) is 0 Å². The number of benzene rings is 2. The van der Waals surface area contributed by atoms with Crippen LogP contribution in [-0.4, -0.2) is 27.3 Å². The first kappa shape index (κ1) is 22.5. The van der Waals surface area contributed by atoms with Gasteiger partial charge in [0, 0.05) is 18.9 Å². The van der Waals surface area contributed by atoms with E-state index in [2.05, 4.69) is 16.9 Å². The summed E-state index contributed by atoms with van der Waals surface area (Å²) in [6.07, 6.45) is 5.23. The molecule has 0 spiro atoms. The van der Waals surface area contributed by atoms with E-state index < -0.39 is 10.0 Å². The molecule has 2 aromatic rings. The van der Waals surface area contributed by atoms with Gasteiger partial charge in [0.15, 0.2) is 0 Å². The number of carbonyl (C=O) groups is 2. The van der Waals surface area contributed by atoms with Crippen LogP contribution >= 0.6 is 0 Å². The Kier molecular flexibility index (Phi) is 6.35. The lowest BCUT2D eigenvalue weighted by atomic mass is 9.89. The van der Waals surface area contributed by atoms with E-state index in [0.29, 0.717) is 6.42 Å². The number of hydrogen-bond acceptors (Lipinski definition) is 5. The molecule has 0 saturated carbocycles. The number of amides is 2. The summed E-state index contributed by atoms with van der Waals surface area (Å²) in [7, 11) is -2.49. The van der Waals surface area contributed by atoms with Gasteiger partial charge < -0.3 is 4.74 Å². The maximum atomic E-state index is 13.3. The van der Waals surface area contributed by atoms with E-state index in [0.717, 1.165) is 29.7 Å². The van der Waals surface area contributed by atoms with Gasteiger partial charge in [-0.2, -0.15) is 0 Å². The molecule has 170 valence electrons. The summed E-state index contributed by atoms with van der Waals surface area (Å²) >= 11 is 0. The van der Waals surface area contributed by atoms with Crippen molar-refractivity contribution >= 4 is 27.5 Å². The lowest BCUT2D eigenvalue weighted by molar-refractivity contribution is -0.121. The van der Waals surface area contributed by atoms with Crippen molar-refractivity contribution in [1.29, 1.82) is 0 Å². The first-order chi connectivity index (χ1) is 15.3. The highest BCUT2D eigenvalue weighted by Crippen LogP contribution is 2.35. The topological polar surface area (TPSA) is 92.8 Å². The van der Waals surface area contributed by atoms with E-state index >= 15 is 0 Å². The van der Waals surface area contributed by atoms with Crippen LogP contribution in [0.3, 0.4) is 0 Å². The molecule has 2 aromatic carbocycles. The van der Waals surface area contributed by atoms with Gasteiger partial charge in [-0.15, -0.1) is 0 Å². The van der Waals surface area contributed by atoms with Gasteiger partial charge in [0.05, 0.1) is 17.7 Å². The van der Waals surface area contributed by atoms with E-state index in [1.807, 2.05) is 13.0 Å². The molecule has 1 atom stereocenters. The molecule has 4 rings (SSSR count). The molecule has 0 radical (unpaired) electrons. The van der Waals surface area contributed by atoms with E-state index in [1.165, 1.54) is 42.9 Å². The molecule has 32 heavy (non-hydrogen) atoms. The quantitative estimate of drug-likeness (QED) is 0.642. The van der Waals surface area contributed by atoms with Crippen LogP contribution in [0.15, 0.2) is 41.3 Å². The van der Waals surface area contributed by atoms with Crippen molar-refractivity contribution in [2.24, 2.45) is 0 Å². The van der Waals surface area contributed by atoms with Crippen LogP contribution < -0.4 is 14.4 Å². The molecule has 2 aliphatic rings. The highest BCUT2D eigenvalue weighted by atomic mass is 32.2. The molecule has 1 saturated heterocycles. The standard InChI is InChI=1S/C24H28N2O5S/c1-3-20(18-9-8-16-6-4-5-7-17(16)14-18)25-32(29,30)19-10-11-22(31-2)21(15-19)26-23(27)12-13-24(26)28/h8-11,14-15,20,25H,3-7,12-13H2,1-2H3/t20-/m1/s1. The normalized spacial score (nSPS) is 17.4. The maximum Gasteiger partial charge on any atom is 0.241 e. The largest absolute Gasteiger partial charge is 0.495 e.